The van der Waals surface area contributed by atoms with Crippen molar-refractivity contribution >= 4 is 0 Å². The van der Waals surface area contributed by atoms with Gasteiger partial charge in [-0.2, -0.15) is 0 Å². The second-order valence-corrected chi connectivity index (χ2v) is 5.38. The van der Waals surface area contributed by atoms with Crippen LogP contribution in [0.25, 0.3) is 0 Å². The van der Waals surface area contributed by atoms with Gasteiger partial charge in [0, 0.05) is 0 Å². The maximum Gasteiger partial charge on any atom is 0.218 e. The lowest BCUT2D eigenvalue weighted by Crippen LogP contribution is -2.34. The third-order valence-corrected chi connectivity index (χ3v) is 2.33. The lowest BCUT2D eigenvalue weighted by atomic mass is 10.1. The molecule has 0 radical (unpaired) electrons. The molecule has 0 heterocycles. The molecule has 0 saturated heterocycles. The Bertz CT molecular complexity index is 144. The van der Waals surface area contributed by atoms with Crippen molar-refractivity contribution in [3.63, 3.8) is 0 Å². The first kappa shape index (κ1) is 15.9. The Morgan fingerprint density at radius 3 is 1.44 bits per heavy atom. The molecule has 3 nitrogen and oxygen atoms in total. The molecule has 0 aliphatic rings. The maximum atomic E-state index is 5.70. The Balaban J connectivity index is 3.71. The topological polar surface area (TPSA) is 21.7 Å². The molecular weight excluding hydrogens is 202 g/mol. The normalized spacial score (nSPS) is 12.4. The first-order valence-electron chi connectivity index (χ1n) is 6.33. The Morgan fingerprint density at radius 1 is 0.812 bits per heavy atom. The second-order valence-electron chi connectivity index (χ2n) is 5.38. The molecule has 98 valence electrons. The van der Waals surface area contributed by atoms with Gasteiger partial charge in [-0.05, 0) is 38.8 Å². The fourth-order valence-corrected chi connectivity index (χ4v) is 1.16. The number of nitrogens with zero attached hydrogens (tertiary/aromatic N) is 1. The van der Waals surface area contributed by atoms with Crippen LogP contribution in [0.15, 0.2) is 0 Å². The van der Waals surface area contributed by atoms with Crippen LogP contribution in [0, 0.1) is 11.8 Å². The van der Waals surface area contributed by atoms with Gasteiger partial charge in [-0.25, -0.2) is 0 Å². The predicted molar refractivity (Wildman–Crippen MR) is 68.3 cm³/mol. The summed E-state index contributed by atoms with van der Waals surface area (Å²) in [5.41, 5.74) is 0. The van der Waals surface area contributed by atoms with Crippen molar-refractivity contribution < 1.29 is 9.47 Å². The van der Waals surface area contributed by atoms with Crippen molar-refractivity contribution in [2.45, 2.75) is 47.0 Å². The molecule has 0 atom stereocenters. The highest BCUT2D eigenvalue weighted by Crippen LogP contribution is 2.06. The van der Waals surface area contributed by atoms with Crippen molar-refractivity contribution in [3.8, 4) is 0 Å². The third-order valence-electron chi connectivity index (χ3n) is 2.33. The quantitative estimate of drug-likeness (QED) is 0.569. The highest BCUT2D eigenvalue weighted by atomic mass is 16.7. The van der Waals surface area contributed by atoms with Crippen molar-refractivity contribution in [3.05, 3.63) is 0 Å². The summed E-state index contributed by atoms with van der Waals surface area (Å²) in [6.45, 7) is 10.3. The van der Waals surface area contributed by atoms with E-state index < -0.39 is 0 Å². The Hall–Kier alpha value is -0.120. The highest BCUT2D eigenvalue weighted by molar-refractivity contribution is 4.48. The van der Waals surface area contributed by atoms with Crippen molar-refractivity contribution in [2.75, 3.05) is 27.3 Å². The molecule has 0 bridgehead atoms. The Morgan fingerprint density at radius 2 is 1.19 bits per heavy atom. The van der Waals surface area contributed by atoms with E-state index in [1.165, 1.54) is 0 Å². The molecule has 0 rings (SSSR count). The molecule has 0 N–H and O–H groups in total. The van der Waals surface area contributed by atoms with Gasteiger partial charge in [-0.15, -0.1) is 0 Å². The molecule has 0 saturated carbocycles. The van der Waals surface area contributed by atoms with Crippen LogP contribution in [0.1, 0.15) is 40.5 Å². The summed E-state index contributed by atoms with van der Waals surface area (Å²) < 4.78 is 11.4. The van der Waals surface area contributed by atoms with Gasteiger partial charge in [-0.1, -0.05) is 27.7 Å². The molecule has 0 aromatic carbocycles. The van der Waals surface area contributed by atoms with Gasteiger partial charge in [-0.3, -0.25) is 4.90 Å². The van der Waals surface area contributed by atoms with E-state index in [-0.39, 0.29) is 6.41 Å². The minimum absolute atomic E-state index is 0.197. The average Bonchev–Trinajstić information content (AvgIpc) is 2.14. The Labute approximate surface area is 101 Å². The van der Waals surface area contributed by atoms with E-state index in [1.54, 1.807) is 0 Å². The van der Waals surface area contributed by atoms with Crippen LogP contribution in [-0.4, -0.2) is 38.6 Å². The standard InChI is InChI=1S/C13H29NO2/c1-11(2)7-9-15-13(14(5)6)16-10-8-12(3)4/h11-13H,7-10H2,1-6H3. The summed E-state index contributed by atoms with van der Waals surface area (Å²) in [6.07, 6.45) is 1.97. The van der Waals surface area contributed by atoms with Crippen molar-refractivity contribution in [1.82, 2.24) is 4.90 Å². The molecule has 0 aliphatic carbocycles. The molecular formula is C13H29NO2. The fourth-order valence-electron chi connectivity index (χ4n) is 1.16. The molecule has 0 fully saturated rings. The first-order chi connectivity index (χ1) is 7.43. The van der Waals surface area contributed by atoms with Crippen molar-refractivity contribution in [2.24, 2.45) is 11.8 Å². The number of hydrogen-bond donors (Lipinski definition) is 0. The Kier molecular flexibility index (Phi) is 8.90. The van der Waals surface area contributed by atoms with Crippen LogP contribution in [0.5, 0.6) is 0 Å². The number of rotatable bonds is 9. The van der Waals surface area contributed by atoms with E-state index >= 15 is 0 Å². The van der Waals surface area contributed by atoms with Gasteiger partial charge < -0.3 is 9.47 Å². The lowest BCUT2D eigenvalue weighted by molar-refractivity contribution is -0.213. The minimum atomic E-state index is -0.197. The maximum absolute atomic E-state index is 5.70. The smallest absolute Gasteiger partial charge is 0.218 e. The van der Waals surface area contributed by atoms with E-state index in [0.29, 0.717) is 11.8 Å². The van der Waals surface area contributed by atoms with Gasteiger partial charge in [0.2, 0.25) is 6.41 Å². The summed E-state index contributed by atoms with van der Waals surface area (Å²) in [5.74, 6) is 1.36. The zero-order chi connectivity index (χ0) is 12.6. The largest absolute Gasteiger partial charge is 0.340 e. The molecule has 0 aromatic heterocycles. The van der Waals surface area contributed by atoms with E-state index in [2.05, 4.69) is 27.7 Å². The van der Waals surface area contributed by atoms with Gasteiger partial charge in [0.25, 0.3) is 0 Å². The third kappa shape index (κ3) is 9.13. The zero-order valence-electron chi connectivity index (χ0n) is 11.8. The van der Waals surface area contributed by atoms with Crippen LogP contribution in [0.2, 0.25) is 0 Å². The summed E-state index contributed by atoms with van der Waals surface area (Å²) in [6, 6.07) is 0. The van der Waals surface area contributed by atoms with Crippen LogP contribution < -0.4 is 0 Å². The van der Waals surface area contributed by atoms with E-state index in [1.807, 2.05) is 19.0 Å². The minimum Gasteiger partial charge on any atom is -0.340 e. The summed E-state index contributed by atoms with van der Waals surface area (Å²) in [7, 11) is 3.96. The second kappa shape index (κ2) is 8.97. The predicted octanol–water partition coefficient (Wildman–Crippen LogP) is 2.96. The molecule has 0 aromatic rings. The molecule has 0 spiro atoms. The number of hydrogen-bond acceptors (Lipinski definition) is 3. The average molecular weight is 231 g/mol. The molecule has 0 aliphatic heterocycles. The van der Waals surface area contributed by atoms with E-state index in [4.69, 9.17) is 9.47 Å². The fraction of sp³-hybridized carbons (Fsp3) is 1.00. The first-order valence-corrected chi connectivity index (χ1v) is 6.33. The van der Waals surface area contributed by atoms with Crippen LogP contribution in [0.3, 0.4) is 0 Å². The van der Waals surface area contributed by atoms with Crippen LogP contribution in [-0.2, 0) is 9.47 Å². The zero-order valence-corrected chi connectivity index (χ0v) is 11.8. The SMILES string of the molecule is CC(C)CCOC(OCCC(C)C)N(C)C. The molecule has 3 heteroatoms. The molecule has 16 heavy (non-hydrogen) atoms. The summed E-state index contributed by atoms with van der Waals surface area (Å²) >= 11 is 0. The van der Waals surface area contributed by atoms with Crippen LogP contribution >= 0.6 is 0 Å². The molecule has 0 amide bonds. The monoisotopic (exact) mass is 231 g/mol. The van der Waals surface area contributed by atoms with Gasteiger partial charge >= 0.3 is 0 Å². The van der Waals surface area contributed by atoms with Crippen molar-refractivity contribution in [1.29, 1.82) is 0 Å². The highest BCUT2D eigenvalue weighted by Gasteiger charge is 2.12. The van der Waals surface area contributed by atoms with E-state index in [0.717, 1.165) is 26.1 Å². The number of ether oxygens (including phenoxy) is 2. The molecule has 0 unspecified atom stereocenters. The summed E-state index contributed by atoms with van der Waals surface area (Å²) in [4.78, 5) is 1.97. The van der Waals surface area contributed by atoms with Gasteiger partial charge in [0.05, 0.1) is 13.2 Å². The van der Waals surface area contributed by atoms with Gasteiger partial charge in [0.1, 0.15) is 0 Å². The van der Waals surface area contributed by atoms with E-state index in [9.17, 15) is 0 Å². The summed E-state index contributed by atoms with van der Waals surface area (Å²) in [5, 5.41) is 0. The lowest BCUT2D eigenvalue weighted by Gasteiger charge is -2.25. The van der Waals surface area contributed by atoms with Crippen LogP contribution in [0.4, 0.5) is 0 Å². The van der Waals surface area contributed by atoms with Gasteiger partial charge in [0.15, 0.2) is 0 Å².